The summed E-state index contributed by atoms with van der Waals surface area (Å²) in [5, 5.41) is 2.90. The molecule has 0 saturated heterocycles. The SMILES string of the molecule is CCN(C(=O)c1cccc(C(=O)NCCCN(C)C)c1)c1ccccc1. The molecule has 1 N–H and O–H groups in total. The van der Waals surface area contributed by atoms with E-state index < -0.39 is 0 Å². The molecule has 0 aliphatic carbocycles. The molecule has 2 rings (SSSR count). The lowest BCUT2D eigenvalue weighted by atomic mass is 10.1. The van der Waals surface area contributed by atoms with Crippen molar-refractivity contribution in [3.05, 3.63) is 65.7 Å². The van der Waals surface area contributed by atoms with E-state index in [-0.39, 0.29) is 11.8 Å². The van der Waals surface area contributed by atoms with Crippen LogP contribution in [0.1, 0.15) is 34.1 Å². The molecule has 0 fully saturated rings. The summed E-state index contributed by atoms with van der Waals surface area (Å²) in [6, 6.07) is 16.4. The van der Waals surface area contributed by atoms with E-state index in [1.807, 2.05) is 51.4 Å². The zero-order valence-electron chi connectivity index (χ0n) is 15.7. The molecule has 2 aromatic rings. The summed E-state index contributed by atoms with van der Waals surface area (Å²) in [5.74, 6) is -0.262. The first-order valence-electron chi connectivity index (χ1n) is 8.93. The van der Waals surface area contributed by atoms with Crippen LogP contribution in [0.4, 0.5) is 5.69 Å². The molecule has 0 radical (unpaired) electrons. The molecule has 2 aromatic carbocycles. The standard InChI is InChI=1S/C21H27N3O2/c1-4-24(19-12-6-5-7-13-19)21(26)18-11-8-10-17(16-18)20(25)22-14-9-15-23(2)3/h5-8,10-13,16H,4,9,14-15H2,1-3H3,(H,22,25). The molecule has 0 aliphatic rings. The number of carbonyl (C=O) groups is 2. The van der Waals surface area contributed by atoms with Crippen LogP contribution in [0.15, 0.2) is 54.6 Å². The van der Waals surface area contributed by atoms with E-state index in [0.29, 0.717) is 24.2 Å². The van der Waals surface area contributed by atoms with E-state index in [2.05, 4.69) is 10.2 Å². The highest BCUT2D eigenvalue weighted by atomic mass is 16.2. The molecular weight excluding hydrogens is 326 g/mol. The molecule has 0 aromatic heterocycles. The van der Waals surface area contributed by atoms with Crippen molar-refractivity contribution in [2.75, 3.05) is 38.6 Å². The number of hydrogen-bond acceptors (Lipinski definition) is 3. The van der Waals surface area contributed by atoms with Crippen LogP contribution in [0.3, 0.4) is 0 Å². The van der Waals surface area contributed by atoms with Gasteiger partial charge in [0.15, 0.2) is 0 Å². The first-order valence-corrected chi connectivity index (χ1v) is 8.93. The highest BCUT2D eigenvalue weighted by Gasteiger charge is 2.17. The summed E-state index contributed by atoms with van der Waals surface area (Å²) in [6.45, 7) is 4.03. The molecule has 5 nitrogen and oxygen atoms in total. The highest BCUT2D eigenvalue weighted by molar-refractivity contribution is 6.07. The second kappa shape index (κ2) is 9.73. The largest absolute Gasteiger partial charge is 0.352 e. The lowest BCUT2D eigenvalue weighted by molar-refractivity contribution is 0.0952. The van der Waals surface area contributed by atoms with Crippen molar-refractivity contribution >= 4 is 17.5 Å². The third-order valence-corrected chi connectivity index (χ3v) is 4.07. The number of nitrogens with zero attached hydrogens (tertiary/aromatic N) is 2. The summed E-state index contributed by atoms with van der Waals surface area (Å²) in [5.41, 5.74) is 1.86. The van der Waals surface area contributed by atoms with Crippen molar-refractivity contribution in [2.45, 2.75) is 13.3 Å². The first kappa shape index (κ1) is 19.7. The van der Waals surface area contributed by atoms with Crippen LogP contribution in [0.25, 0.3) is 0 Å². The Balaban J connectivity index is 2.07. The van der Waals surface area contributed by atoms with Crippen LogP contribution < -0.4 is 10.2 Å². The number of para-hydroxylation sites is 1. The molecule has 0 bridgehead atoms. The van der Waals surface area contributed by atoms with Crippen LogP contribution in [-0.4, -0.2) is 50.4 Å². The van der Waals surface area contributed by atoms with Gasteiger partial charge in [0.1, 0.15) is 0 Å². The first-order chi connectivity index (χ1) is 12.5. The van der Waals surface area contributed by atoms with Gasteiger partial charge in [-0.05, 0) is 64.3 Å². The smallest absolute Gasteiger partial charge is 0.258 e. The molecule has 26 heavy (non-hydrogen) atoms. The maximum Gasteiger partial charge on any atom is 0.258 e. The van der Waals surface area contributed by atoms with Crippen LogP contribution in [-0.2, 0) is 0 Å². The fourth-order valence-electron chi connectivity index (χ4n) is 2.70. The third-order valence-electron chi connectivity index (χ3n) is 4.07. The van der Waals surface area contributed by atoms with Crippen molar-refractivity contribution in [1.29, 1.82) is 0 Å². The molecule has 0 spiro atoms. The Morgan fingerprint density at radius 2 is 1.65 bits per heavy atom. The fourth-order valence-corrected chi connectivity index (χ4v) is 2.70. The Morgan fingerprint density at radius 3 is 2.31 bits per heavy atom. The van der Waals surface area contributed by atoms with Gasteiger partial charge in [0.2, 0.25) is 0 Å². The van der Waals surface area contributed by atoms with Gasteiger partial charge in [-0.1, -0.05) is 24.3 Å². The minimum absolute atomic E-state index is 0.110. The monoisotopic (exact) mass is 353 g/mol. The second-order valence-corrected chi connectivity index (χ2v) is 6.38. The predicted molar refractivity (Wildman–Crippen MR) is 106 cm³/mol. The van der Waals surface area contributed by atoms with E-state index in [4.69, 9.17) is 0 Å². The average molecular weight is 353 g/mol. The minimum atomic E-state index is -0.152. The van der Waals surface area contributed by atoms with Gasteiger partial charge in [0, 0.05) is 29.9 Å². The van der Waals surface area contributed by atoms with Crippen LogP contribution in [0, 0.1) is 0 Å². The Morgan fingerprint density at radius 1 is 0.962 bits per heavy atom. The Labute approximate surface area is 155 Å². The zero-order valence-corrected chi connectivity index (χ0v) is 15.7. The number of carbonyl (C=O) groups excluding carboxylic acids is 2. The van der Waals surface area contributed by atoms with Gasteiger partial charge < -0.3 is 15.1 Å². The van der Waals surface area contributed by atoms with Gasteiger partial charge in [-0.15, -0.1) is 0 Å². The Bertz CT molecular complexity index is 729. The van der Waals surface area contributed by atoms with E-state index in [0.717, 1.165) is 18.7 Å². The van der Waals surface area contributed by atoms with E-state index in [9.17, 15) is 9.59 Å². The number of amides is 2. The highest BCUT2D eigenvalue weighted by Crippen LogP contribution is 2.17. The third kappa shape index (κ3) is 5.43. The predicted octanol–water partition coefficient (Wildman–Crippen LogP) is 3.03. The molecule has 0 unspecified atom stereocenters. The summed E-state index contributed by atoms with van der Waals surface area (Å²) in [4.78, 5) is 29.0. The summed E-state index contributed by atoms with van der Waals surface area (Å²) in [7, 11) is 4.01. The molecule has 138 valence electrons. The van der Waals surface area contributed by atoms with Crippen LogP contribution >= 0.6 is 0 Å². The second-order valence-electron chi connectivity index (χ2n) is 6.38. The maximum atomic E-state index is 12.9. The molecule has 0 atom stereocenters. The van der Waals surface area contributed by atoms with Crippen LogP contribution in [0.2, 0.25) is 0 Å². The molecular formula is C21H27N3O2. The zero-order chi connectivity index (χ0) is 18.9. The fraction of sp³-hybridized carbons (Fsp3) is 0.333. The van der Waals surface area contributed by atoms with Crippen molar-refractivity contribution in [3.63, 3.8) is 0 Å². The lowest BCUT2D eigenvalue weighted by Crippen LogP contribution is -2.31. The van der Waals surface area contributed by atoms with E-state index in [1.165, 1.54) is 0 Å². The molecule has 2 amide bonds. The Kier molecular flexibility index (Phi) is 7.36. The van der Waals surface area contributed by atoms with Crippen molar-refractivity contribution in [2.24, 2.45) is 0 Å². The summed E-state index contributed by atoms with van der Waals surface area (Å²) in [6.07, 6.45) is 0.884. The lowest BCUT2D eigenvalue weighted by Gasteiger charge is -2.21. The summed E-state index contributed by atoms with van der Waals surface area (Å²) >= 11 is 0. The van der Waals surface area contributed by atoms with E-state index >= 15 is 0 Å². The van der Waals surface area contributed by atoms with Crippen molar-refractivity contribution in [3.8, 4) is 0 Å². The van der Waals surface area contributed by atoms with Crippen LogP contribution in [0.5, 0.6) is 0 Å². The summed E-state index contributed by atoms with van der Waals surface area (Å²) < 4.78 is 0. The quantitative estimate of drug-likeness (QED) is 0.742. The van der Waals surface area contributed by atoms with E-state index in [1.54, 1.807) is 29.2 Å². The van der Waals surface area contributed by atoms with Gasteiger partial charge in [-0.2, -0.15) is 0 Å². The van der Waals surface area contributed by atoms with Crippen molar-refractivity contribution in [1.82, 2.24) is 10.2 Å². The molecule has 0 heterocycles. The molecule has 5 heteroatoms. The van der Waals surface area contributed by atoms with Gasteiger partial charge in [0.05, 0.1) is 0 Å². The number of nitrogens with one attached hydrogen (secondary N) is 1. The van der Waals surface area contributed by atoms with Gasteiger partial charge >= 0.3 is 0 Å². The normalized spacial score (nSPS) is 10.6. The van der Waals surface area contributed by atoms with Gasteiger partial charge in [0.25, 0.3) is 11.8 Å². The number of hydrogen-bond donors (Lipinski definition) is 1. The molecule has 0 aliphatic heterocycles. The number of rotatable bonds is 8. The Hall–Kier alpha value is -2.66. The average Bonchev–Trinajstić information content (AvgIpc) is 2.66. The van der Waals surface area contributed by atoms with Crippen molar-refractivity contribution < 1.29 is 9.59 Å². The molecule has 0 saturated carbocycles. The number of anilines is 1. The van der Waals surface area contributed by atoms with Gasteiger partial charge in [-0.25, -0.2) is 0 Å². The maximum absolute atomic E-state index is 12.9. The number of benzene rings is 2. The minimum Gasteiger partial charge on any atom is -0.352 e. The topological polar surface area (TPSA) is 52.7 Å². The van der Waals surface area contributed by atoms with Gasteiger partial charge in [-0.3, -0.25) is 9.59 Å².